The third-order valence-corrected chi connectivity index (χ3v) is 3.19. The molecule has 0 fully saturated rings. The summed E-state index contributed by atoms with van der Waals surface area (Å²) in [6.45, 7) is 0. The average molecular weight is 269 g/mol. The highest BCUT2D eigenvalue weighted by Crippen LogP contribution is 2.22. The second-order valence-corrected chi connectivity index (χ2v) is 4.45. The standard InChI is InChI=1S/C14H8FN3S/c15-10-7-9(8-16)5-6-12(10)18-13-4-2-1-3-11(13)17-14(18)19/h1-7H,(H,17,19). The smallest absolute Gasteiger partial charge is 0.182 e. The lowest BCUT2D eigenvalue weighted by molar-refractivity contribution is 0.618. The molecular weight excluding hydrogens is 261 g/mol. The highest BCUT2D eigenvalue weighted by molar-refractivity contribution is 7.71. The molecule has 0 amide bonds. The number of para-hydroxylation sites is 2. The minimum atomic E-state index is -0.472. The van der Waals surface area contributed by atoms with Crippen LogP contribution in [0.25, 0.3) is 16.7 Å². The van der Waals surface area contributed by atoms with Crippen molar-refractivity contribution >= 4 is 23.3 Å². The van der Waals surface area contributed by atoms with Gasteiger partial charge in [0, 0.05) is 0 Å². The molecule has 19 heavy (non-hydrogen) atoms. The van der Waals surface area contributed by atoms with Gasteiger partial charge in [0.05, 0.1) is 28.4 Å². The van der Waals surface area contributed by atoms with Gasteiger partial charge in [-0.15, -0.1) is 0 Å². The van der Waals surface area contributed by atoms with E-state index in [0.717, 1.165) is 11.0 Å². The van der Waals surface area contributed by atoms with E-state index >= 15 is 0 Å². The van der Waals surface area contributed by atoms with Crippen molar-refractivity contribution in [2.75, 3.05) is 0 Å². The molecule has 0 saturated carbocycles. The van der Waals surface area contributed by atoms with Gasteiger partial charge in [0.15, 0.2) is 4.77 Å². The molecule has 0 aliphatic rings. The second-order valence-electron chi connectivity index (χ2n) is 4.06. The lowest BCUT2D eigenvalue weighted by Gasteiger charge is -2.06. The number of aromatic nitrogens is 2. The molecule has 3 nitrogen and oxygen atoms in total. The highest BCUT2D eigenvalue weighted by atomic mass is 32.1. The zero-order chi connectivity index (χ0) is 13.4. The maximum absolute atomic E-state index is 14.1. The number of hydrogen-bond acceptors (Lipinski definition) is 2. The summed E-state index contributed by atoms with van der Waals surface area (Å²) in [5, 5.41) is 8.76. The number of benzene rings is 2. The average Bonchev–Trinajstić information content (AvgIpc) is 2.75. The first-order chi connectivity index (χ1) is 9.20. The molecule has 0 radical (unpaired) electrons. The van der Waals surface area contributed by atoms with Gasteiger partial charge in [-0.05, 0) is 42.5 Å². The predicted molar refractivity (Wildman–Crippen MR) is 73.1 cm³/mol. The largest absolute Gasteiger partial charge is 0.330 e. The Kier molecular flexibility index (Phi) is 2.65. The third kappa shape index (κ3) is 1.83. The molecule has 0 atom stereocenters. The number of hydrogen-bond donors (Lipinski definition) is 1. The number of H-pyrrole nitrogens is 1. The Balaban J connectivity index is 2.34. The number of halogens is 1. The number of nitrogens with one attached hydrogen (secondary N) is 1. The molecule has 1 heterocycles. The van der Waals surface area contributed by atoms with Crippen molar-refractivity contribution in [1.82, 2.24) is 9.55 Å². The Bertz CT molecular complexity index is 870. The van der Waals surface area contributed by atoms with E-state index in [2.05, 4.69) is 4.98 Å². The summed E-state index contributed by atoms with van der Waals surface area (Å²) < 4.78 is 16.1. The number of imidazole rings is 1. The number of nitriles is 1. The first-order valence-electron chi connectivity index (χ1n) is 5.60. The van der Waals surface area contributed by atoms with Gasteiger partial charge in [-0.1, -0.05) is 12.1 Å². The van der Waals surface area contributed by atoms with Gasteiger partial charge in [0.2, 0.25) is 0 Å². The molecule has 0 aliphatic heterocycles. The molecule has 92 valence electrons. The van der Waals surface area contributed by atoms with Crippen LogP contribution in [0.4, 0.5) is 4.39 Å². The molecule has 0 spiro atoms. The maximum Gasteiger partial charge on any atom is 0.182 e. The fourth-order valence-electron chi connectivity index (χ4n) is 2.05. The van der Waals surface area contributed by atoms with E-state index in [1.807, 2.05) is 30.3 Å². The Morgan fingerprint density at radius 2 is 2.00 bits per heavy atom. The second kappa shape index (κ2) is 4.34. The van der Waals surface area contributed by atoms with E-state index < -0.39 is 5.82 Å². The lowest BCUT2D eigenvalue weighted by atomic mass is 10.2. The SMILES string of the molecule is N#Cc1ccc(-n2c(=S)[nH]c3ccccc32)c(F)c1. The van der Waals surface area contributed by atoms with Gasteiger partial charge in [0.25, 0.3) is 0 Å². The molecule has 2 aromatic carbocycles. The summed E-state index contributed by atoms with van der Waals surface area (Å²) in [4.78, 5) is 3.03. The highest BCUT2D eigenvalue weighted by Gasteiger charge is 2.10. The zero-order valence-electron chi connectivity index (χ0n) is 9.72. The molecule has 1 aromatic heterocycles. The minimum Gasteiger partial charge on any atom is -0.330 e. The van der Waals surface area contributed by atoms with E-state index in [0.29, 0.717) is 10.5 Å². The molecule has 3 aromatic rings. The van der Waals surface area contributed by atoms with Crippen LogP contribution in [0.3, 0.4) is 0 Å². The maximum atomic E-state index is 14.1. The number of rotatable bonds is 1. The lowest BCUT2D eigenvalue weighted by Crippen LogP contribution is -1.98. The summed E-state index contributed by atoms with van der Waals surface area (Å²) in [5.41, 5.74) is 2.27. The molecule has 0 bridgehead atoms. The van der Waals surface area contributed by atoms with E-state index in [1.165, 1.54) is 6.07 Å². The molecule has 1 N–H and O–H groups in total. The van der Waals surface area contributed by atoms with Gasteiger partial charge in [-0.25, -0.2) is 4.39 Å². The van der Waals surface area contributed by atoms with Crippen LogP contribution in [0, 0.1) is 21.9 Å². The van der Waals surface area contributed by atoms with Gasteiger partial charge in [-0.2, -0.15) is 5.26 Å². The van der Waals surface area contributed by atoms with Crippen molar-refractivity contribution in [3.8, 4) is 11.8 Å². The first-order valence-corrected chi connectivity index (χ1v) is 6.01. The topological polar surface area (TPSA) is 44.5 Å². The van der Waals surface area contributed by atoms with Crippen molar-refractivity contribution in [3.05, 3.63) is 58.6 Å². The van der Waals surface area contributed by atoms with Crippen LogP contribution in [-0.2, 0) is 0 Å². The summed E-state index contributed by atoms with van der Waals surface area (Å²) >= 11 is 5.23. The van der Waals surface area contributed by atoms with Crippen LogP contribution in [0.5, 0.6) is 0 Å². The third-order valence-electron chi connectivity index (χ3n) is 2.91. The van der Waals surface area contributed by atoms with E-state index in [1.54, 1.807) is 16.7 Å². The Labute approximate surface area is 113 Å². The number of fused-ring (bicyclic) bond motifs is 1. The molecule has 0 aliphatic carbocycles. The van der Waals surface area contributed by atoms with Gasteiger partial charge >= 0.3 is 0 Å². The van der Waals surface area contributed by atoms with E-state index in [-0.39, 0.29) is 5.56 Å². The summed E-state index contributed by atoms with van der Waals surface area (Å²) in [6, 6.07) is 13.7. The van der Waals surface area contributed by atoms with Crippen molar-refractivity contribution < 1.29 is 4.39 Å². The fraction of sp³-hybridized carbons (Fsp3) is 0. The van der Waals surface area contributed by atoms with Crippen LogP contribution in [0.2, 0.25) is 0 Å². The summed E-state index contributed by atoms with van der Waals surface area (Å²) in [7, 11) is 0. The van der Waals surface area contributed by atoms with Crippen molar-refractivity contribution in [2.24, 2.45) is 0 Å². The zero-order valence-corrected chi connectivity index (χ0v) is 10.5. The van der Waals surface area contributed by atoms with Crippen molar-refractivity contribution in [2.45, 2.75) is 0 Å². The van der Waals surface area contributed by atoms with Gasteiger partial charge in [0.1, 0.15) is 5.82 Å². The van der Waals surface area contributed by atoms with Gasteiger partial charge < -0.3 is 4.98 Å². The van der Waals surface area contributed by atoms with E-state index in [9.17, 15) is 4.39 Å². The van der Waals surface area contributed by atoms with Crippen LogP contribution in [0.1, 0.15) is 5.56 Å². The van der Waals surface area contributed by atoms with Crippen LogP contribution in [0.15, 0.2) is 42.5 Å². The molecule has 0 unspecified atom stereocenters. The summed E-state index contributed by atoms with van der Waals surface area (Å²) in [6.07, 6.45) is 0. The normalized spacial score (nSPS) is 10.5. The fourth-order valence-corrected chi connectivity index (χ4v) is 2.36. The number of nitrogens with zero attached hydrogens (tertiary/aromatic N) is 2. The van der Waals surface area contributed by atoms with Crippen LogP contribution >= 0.6 is 12.2 Å². The van der Waals surface area contributed by atoms with E-state index in [4.69, 9.17) is 17.5 Å². The van der Waals surface area contributed by atoms with Crippen LogP contribution < -0.4 is 0 Å². The molecule has 3 rings (SSSR count). The molecule has 0 saturated heterocycles. The monoisotopic (exact) mass is 269 g/mol. The molecular formula is C14H8FN3S. The Hall–Kier alpha value is -2.45. The quantitative estimate of drug-likeness (QED) is 0.685. The van der Waals surface area contributed by atoms with Crippen molar-refractivity contribution in [1.29, 1.82) is 5.26 Å². The minimum absolute atomic E-state index is 0.285. The van der Waals surface area contributed by atoms with Gasteiger partial charge in [-0.3, -0.25) is 4.57 Å². The predicted octanol–water partition coefficient (Wildman–Crippen LogP) is 3.70. The number of aromatic amines is 1. The first kappa shape index (κ1) is 11.6. The van der Waals surface area contributed by atoms with Crippen LogP contribution in [-0.4, -0.2) is 9.55 Å². The Morgan fingerprint density at radius 1 is 1.21 bits per heavy atom. The molecule has 5 heteroatoms. The Morgan fingerprint density at radius 3 is 2.74 bits per heavy atom. The van der Waals surface area contributed by atoms with Crippen molar-refractivity contribution in [3.63, 3.8) is 0 Å². The summed E-state index contributed by atoms with van der Waals surface area (Å²) in [5.74, 6) is -0.472.